The zero-order valence-corrected chi connectivity index (χ0v) is 12.3. The second-order valence-corrected chi connectivity index (χ2v) is 5.65. The summed E-state index contributed by atoms with van der Waals surface area (Å²) in [7, 11) is 0. The topological polar surface area (TPSA) is 15.3 Å². The van der Waals surface area contributed by atoms with Gasteiger partial charge in [0.05, 0.1) is 5.56 Å². The summed E-state index contributed by atoms with van der Waals surface area (Å²) in [5.74, 6) is 0.529. The zero-order chi connectivity index (χ0) is 15.3. The van der Waals surface area contributed by atoms with Crippen LogP contribution in [0.3, 0.4) is 0 Å². The summed E-state index contributed by atoms with van der Waals surface area (Å²) >= 11 is 0. The van der Waals surface area contributed by atoms with Crippen LogP contribution in [0.2, 0.25) is 0 Å². The summed E-state index contributed by atoms with van der Waals surface area (Å²) < 4.78 is 37.9. The maximum Gasteiger partial charge on any atom is 0.416 e. The van der Waals surface area contributed by atoms with Gasteiger partial charge in [-0.3, -0.25) is 0 Å². The number of halogens is 3. The molecule has 1 N–H and O–H groups in total. The molecule has 1 saturated heterocycles. The monoisotopic (exact) mass is 299 g/mol. The number of hydrogen-bond donors (Lipinski definition) is 1. The van der Waals surface area contributed by atoms with Gasteiger partial charge in [0, 0.05) is 18.3 Å². The molecule has 117 valence electrons. The molecule has 2 rings (SSSR count). The number of anilines is 1. The Morgan fingerprint density at radius 2 is 2.05 bits per heavy atom. The molecule has 5 heteroatoms. The number of alkyl halides is 3. The minimum atomic E-state index is -4.29. The molecule has 1 aromatic rings. The molecule has 0 atom stereocenters. The Labute approximate surface area is 124 Å². The van der Waals surface area contributed by atoms with Gasteiger partial charge in [-0.1, -0.05) is 13.0 Å². The van der Waals surface area contributed by atoms with Crippen molar-refractivity contribution in [3.05, 3.63) is 29.8 Å². The predicted octanol–water partition coefficient (Wildman–Crippen LogP) is 4.04. The van der Waals surface area contributed by atoms with Gasteiger partial charge in [0.25, 0.3) is 0 Å². The Morgan fingerprint density at radius 1 is 1.33 bits per heavy atom. The van der Waals surface area contributed by atoms with Crippen molar-refractivity contribution in [2.75, 3.05) is 31.5 Å². The minimum Gasteiger partial charge on any atom is -0.384 e. The standard InChI is InChI=1S/C16H22F3N2/c1-2-8-21-9-6-13(7-10-21)12-20-15-5-3-4-14(11-15)16(17,18)19/h3-4,11,13,20H,2,6-10,12H2,1H3. The van der Waals surface area contributed by atoms with Gasteiger partial charge in [-0.15, -0.1) is 0 Å². The Kier molecular flexibility index (Phi) is 5.51. The molecular formula is C16H22F3N2. The maximum absolute atomic E-state index is 12.6. The largest absolute Gasteiger partial charge is 0.416 e. The van der Waals surface area contributed by atoms with Gasteiger partial charge < -0.3 is 10.2 Å². The molecule has 0 unspecified atom stereocenters. The number of rotatable bonds is 5. The third-order valence-corrected chi connectivity index (χ3v) is 3.96. The number of hydrogen-bond acceptors (Lipinski definition) is 2. The van der Waals surface area contributed by atoms with Gasteiger partial charge in [0.15, 0.2) is 0 Å². The molecule has 1 fully saturated rings. The summed E-state index contributed by atoms with van der Waals surface area (Å²) in [6.07, 6.45) is -0.920. The van der Waals surface area contributed by atoms with E-state index in [1.807, 2.05) is 0 Å². The lowest BCUT2D eigenvalue weighted by Crippen LogP contribution is -2.36. The average molecular weight is 299 g/mol. The first kappa shape index (κ1) is 16.1. The van der Waals surface area contributed by atoms with Crippen molar-refractivity contribution >= 4 is 5.69 Å². The van der Waals surface area contributed by atoms with Crippen molar-refractivity contribution < 1.29 is 13.2 Å². The SMILES string of the molecule is CCCN1CCC(CNc2[c]ccc(C(F)(F)F)c2)CC1. The number of piperidine rings is 1. The predicted molar refractivity (Wildman–Crippen MR) is 78.2 cm³/mol. The fraction of sp³-hybridized carbons (Fsp3) is 0.625. The van der Waals surface area contributed by atoms with Crippen LogP contribution in [0.4, 0.5) is 18.9 Å². The molecule has 1 aliphatic rings. The molecular weight excluding hydrogens is 277 g/mol. The summed E-state index contributed by atoms with van der Waals surface area (Å²) in [5.41, 5.74) is -0.192. The summed E-state index contributed by atoms with van der Waals surface area (Å²) in [6, 6.07) is 6.34. The van der Waals surface area contributed by atoms with Gasteiger partial charge in [0.2, 0.25) is 0 Å². The maximum atomic E-state index is 12.6. The van der Waals surface area contributed by atoms with Crippen LogP contribution in [-0.4, -0.2) is 31.1 Å². The van der Waals surface area contributed by atoms with E-state index in [1.54, 1.807) is 0 Å². The van der Waals surface area contributed by atoms with E-state index < -0.39 is 11.7 Å². The summed E-state index contributed by atoms with van der Waals surface area (Å²) in [4.78, 5) is 2.45. The van der Waals surface area contributed by atoms with Crippen molar-refractivity contribution in [2.24, 2.45) is 5.92 Å². The summed E-state index contributed by atoms with van der Waals surface area (Å²) in [6.45, 7) is 6.22. The fourth-order valence-electron chi connectivity index (χ4n) is 2.73. The number of nitrogens with one attached hydrogen (secondary N) is 1. The second kappa shape index (κ2) is 7.16. The first-order chi connectivity index (χ1) is 9.99. The van der Waals surface area contributed by atoms with E-state index in [4.69, 9.17) is 0 Å². The van der Waals surface area contributed by atoms with Crippen LogP contribution < -0.4 is 5.32 Å². The first-order valence-corrected chi connectivity index (χ1v) is 7.54. The van der Waals surface area contributed by atoms with E-state index >= 15 is 0 Å². The van der Waals surface area contributed by atoms with Gasteiger partial charge in [-0.05, 0) is 56.9 Å². The van der Waals surface area contributed by atoms with Crippen molar-refractivity contribution in [3.63, 3.8) is 0 Å². The molecule has 1 heterocycles. The molecule has 0 aromatic heterocycles. The van der Waals surface area contributed by atoms with E-state index in [-0.39, 0.29) is 0 Å². The quantitative estimate of drug-likeness (QED) is 0.882. The van der Waals surface area contributed by atoms with Gasteiger partial charge in [-0.25, -0.2) is 0 Å². The normalized spacial score (nSPS) is 17.9. The molecule has 0 amide bonds. The van der Waals surface area contributed by atoms with Crippen LogP contribution in [0.1, 0.15) is 31.7 Å². The van der Waals surface area contributed by atoms with Crippen LogP contribution in [-0.2, 0) is 6.18 Å². The first-order valence-electron chi connectivity index (χ1n) is 7.54. The lowest BCUT2D eigenvalue weighted by atomic mass is 9.96. The average Bonchev–Trinajstić information content (AvgIpc) is 2.46. The molecule has 0 spiro atoms. The fourth-order valence-corrected chi connectivity index (χ4v) is 2.73. The summed E-state index contributed by atoms with van der Waals surface area (Å²) in [5, 5.41) is 3.10. The third kappa shape index (κ3) is 4.92. The van der Waals surface area contributed by atoms with E-state index in [2.05, 4.69) is 23.2 Å². The molecule has 2 nitrogen and oxygen atoms in total. The van der Waals surface area contributed by atoms with Gasteiger partial charge >= 0.3 is 6.18 Å². The van der Waals surface area contributed by atoms with Crippen LogP contribution in [0.5, 0.6) is 0 Å². The number of nitrogens with zero attached hydrogens (tertiary/aromatic N) is 1. The van der Waals surface area contributed by atoms with Crippen LogP contribution >= 0.6 is 0 Å². The van der Waals surface area contributed by atoms with Crippen LogP contribution in [0, 0.1) is 12.0 Å². The molecule has 1 radical (unpaired) electrons. The molecule has 0 saturated carbocycles. The van der Waals surface area contributed by atoms with Gasteiger partial charge in [0.1, 0.15) is 0 Å². The van der Waals surface area contributed by atoms with Crippen molar-refractivity contribution in [3.8, 4) is 0 Å². The Bertz CT molecular complexity index is 437. The highest BCUT2D eigenvalue weighted by Crippen LogP contribution is 2.30. The molecule has 1 aliphatic heterocycles. The van der Waals surface area contributed by atoms with Crippen LogP contribution in [0.15, 0.2) is 18.2 Å². The van der Waals surface area contributed by atoms with Crippen molar-refractivity contribution in [2.45, 2.75) is 32.4 Å². The molecule has 0 aliphatic carbocycles. The van der Waals surface area contributed by atoms with Crippen molar-refractivity contribution in [1.82, 2.24) is 4.90 Å². The Hall–Kier alpha value is -1.23. The number of likely N-dealkylation sites (tertiary alicyclic amines) is 1. The molecule has 0 bridgehead atoms. The van der Waals surface area contributed by atoms with Crippen LogP contribution in [0.25, 0.3) is 0 Å². The highest BCUT2D eigenvalue weighted by Gasteiger charge is 2.30. The molecule has 1 aromatic carbocycles. The second-order valence-electron chi connectivity index (χ2n) is 5.65. The van der Waals surface area contributed by atoms with E-state index in [1.165, 1.54) is 12.5 Å². The van der Waals surface area contributed by atoms with Crippen molar-refractivity contribution in [1.29, 1.82) is 0 Å². The lowest BCUT2D eigenvalue weighted by Gasteiger charge is -2.31. The van der Waals surface area contributed by atoms with E-state index in [0.717, 1.165) is 51.2 Å². The Morgan fingerprint density at radius 3 is 2.67 bits per heavy atom. The highest BCUT2D eigenvalue weighted by atomic mass is 19.4. The number of benzene rings is 1. The van der Waals surface area contributed by atoms with E-state index in [0.29, 0.717) is 11.6 Å². The minimum absolute atomic E-state index is 0.431. The third-order valence-electron chi connectivity index (χ3n) is 3.96. The smallest absolute Gasteiger partial charge is 0.384 e. The van der Waals surface area contributed by atoms with Gasteiger partial charge in [-0.2, -0.15) is 13.2 Å². The van der Waals surface area contributed by atoms with E-state index in [9.17, 15) is 13.2 Å². The molecule has 21 heavy (non-hydrogen) atoms. The lowest BCUT2D eigenvalue weighted by molar-refractivity contribution is -0.137. The Balaban J connectivity index is 1.81. The zero-order valence-electron chi connectivity index (χ0n) is 12.3. The highest BCUT2D eigenvalue weighted by molar-refractivity contribution is 5.45.